The van der Waals surface area contributed by atoms with Crippen molar-refractivity contribution in [3.05, 3.63) is 0 Å². The van der Waals surface area contributed by atoms with Crippen LogP contribution in [-0.4, -0.2) is 39.9 Å². The van der Waals surface area contributed by atoms with Crippen molar-refractivity contribution in [2.75, 3.05) is 0 Å². The Morgan fingerprint density at radius 2 is 1.05 bits per heavy atom. The molecule has 2 aliphatic heterocycles. The number of nitrogens with zero attached hydrogens (tertiary/aromatic N) is 2. The maximum atomic E-state index is 11.2. The van der Waals surface area contributed by atoms with Gasteiger partial charge in [-0.15, -0.1) is 0 Å². The van der Waals surface area contributed by atoms with Gasteiger partial charge in [-0.05, 0) is 0 Å². The summed E-state index contributed by atoms with van der Waals surface area (Å²) in [6.07, 6.45) is -0.481. The molecule has 116 valence electrons. The van der Waals surface area contributed by atoms with Crippen molar-refractivity contribution in [2.24, 2.45) is 0 Å². The van der Waals surface area contributed by atoms with E-state index in [1.165, 1.54) is 6.42 Å². The molecule has 9 nitrogen and oxygen atoms in total. The lowest BCUT2D eigenvalue weighted by molar-refractivity contribution is -0.198. The Balaban J connectivity index is 0.000000677. The second kappa shape index (κ2) is 7.36. The zero-order valence-corrected chi connectivity index (χ0v) is 11.8. The molecule has 2 rings (SSSR count). The van der Waals surface area contributed by atoms with Crippen LogP contribution in [0.1, 0.15) is 46.0 Å². The number of imide groups is 2. The van der Waals surface area contributed by atoms with Crippen LogP contribution in [0.2, 0.25) is 0 Å². The predicted molar refractivity (Wildman–Crippen MR) is 65.7 cm³/mol. The van der Waals surface area contributed by atoms with Crippen molar-refractivity contribution >= 4 is 29.8 Å². The highest BCUT2D eigenvalue weighted by atomic mass is 16.9. The van der Waals surface area contributed by atoms with Gasteiger partial charge in [0.15, 0.2) is 0 Å². The van der Waals surface area contributed by atoms with Gasteiger partial charge in [0, 0.05) is 25.7 Å². The first-order valence-corrected chi connectivity index (χ1v) is 6.52. The molecule has 9 heteroatoms. The molecule has 2 aliphatic rings. The second-order valence-corrected chi connectivity index (χ2v) is 4.30. The van der Waals surface area contributed by atoms with E-state index in [1.807, 2.05) is 0 Å². The first kappa shape index (κ1) is 16.6. The molecular weight excluding hydrogens is 284 g/mol. The van der Waals surface area contributed by atoms with Gasteiger partial charge in [-0.2, -0.15) is 4.79 Å². The largest absolute Gasteiger partial charge is 0.560 e. The zero-order valence-electron chi connectivity index (χ0n) is 11.8. The summed E-state index contributed by atoms with van der Waals surface area (Å²) >= 11 is 0. The number of hydroxylamine groups is 4. The fourth-order valence-corrected chi connectivity index (χ4v) is 1.48. The maximum Gasteiger partial charge on any atom is 0.560 e. The van der Waals surface area contributed by atoms with Crippen LogP contribution in [0.3, 0.4) is 0 Å². The standard InChI is InChI=1S/C9H8N2O7.C3H8/c12-5-1-2-6(13)10(5)17-9(16)18-11-7(14)3-4-8(11)15;1-3-2/h1-4H2;3H2,1-2H3. The first-order valence-electron chi connectivity index (χ1n) is 6.52. The van der Waals surface area contributed by atoms with Crippen LogP contribution < -0.4 is 0 Å². The van der Waals surface area contributed by atoms with Gasteiger partial charge in [-0.1, -0.05) is 30.4 Å². The molecule has 2 saturated heterocycles. The third-order valence-electron chi connectivity index (χ3n) is 2.34. The van der Waals surface area contributed by atoms with Gasteiger partial charge in [0.1, 0.15) is 0 Å². The summed E-state index contributed by atoms with van der Waals surface area (Å²) in [7, 11) is 0. The molecule has 0 aromatic carbocycles. The summed E-state index contributed by atoms with van der Waals surface area (Å²) < 4.78 is 0. The molecule has 0 unspecified atom stereocenters. The van der Waals surface area contributed by atoms with Gasteiger partial charge in [0.25, 0.3) is 23.6 Å². The number of carbonyl (C=O) groups is 5. The fraction of sp³-hybridized carbons (Fsp3) is 0.583. The van der Waals surface area contributed by atoms with E-state index in [4.69, 9.17) is 0 Å². The fourth-order valence-electron chi connectivity index (χ4n) is 1.48. The smallest absolute Gasteiger partial charge is 0.293 e. The van der Waals surface area contributed by atoms with Gasteiger partial charge >= 0.3 is 6.16 Å². The monoisotopic (exact) mass is 300 g/mol. The molecule has 0 atom stereocenters. The zero-order chi connectivity index (χ0) is 16.0. The van der Waals surface area contributed by atoms with Crippen LogP contribution in [0.15, 0.2) is 0 Å². The summed E-state index contributed by atoms with van der Waals surface area (Å²) in [5.74, 6) is -2.74. The van der Waals surface area contributed by atoms with Gasteiger partial charge in [-0.25, -0.2) is 0 Å². The highest BCUT2D eigenvalue weighted by Crippen LogP contribution is 2.15. The average Bonchev–Trinajstić information content (AvgIpc) is 2.90. The van der Waals surface area contributed by atoms with E-state index in [0.29, 0.717) is 0 Å². The minimum atomic E-state index is -1.48. The van der Waals surface area contributed by atoms with Gasteiger partial charge < -0.3 is 0 Å². The highest BCUT2D eigenvalue weighted by molar-refractivity contribution is 6.02. The first-order chi connectivity index (χ1) is 9.90. The highest BCUT2D eigenvalue weighted by Gasteiger charge is 2.37. The number of hydrogen-bond donors (Lipinski definition) is 0. The predicted octanol–water partition coefficient (Wildman–Crippen LogP) is 0.684. The molecule has 0 aromatic rings. The Morgan fingerprint density at radius 1 is 0.810 bits per heavy atom. The van der Waals surface area contributed by atoms with Crippen LogP contribution in [-0.2, 0) is 28.9 Å². The Bertz CT molecular complexity index is 402. The molecule has 4 amide bonds. The molecule has 21 heavy (non-hydrogen) atoms. The Morgan fingerprint density at radius 3 is 1.29 bits per heavy atom. The molecule has 0 aliphatic carbocycles. The molecular formula is C12H16N2O7. The SMILES string of the molecule is CCC.O=C(ON1C(=O)CCC1=O)ON1C(=O)CCC1=O. The van der Waals surface area contributed by atoms with Gasteiger partial charge in [0.05, 0.1) is 0 Å². The van der Waals surface area contributed by atoms with Crippen LogP contribution in [0.4, 0.5) is 4.79 Å². The van der Waals surface area contributed by atoms with Crippen molar-refractivity contribution in [2.45, 2.75) is 46.0 Å². The molecule has 0 spiro atoms. The van der Waals surface area contributed by atoms with Crippen LogP contribution >= 0.6 is 0 Å². The number of hydrogen-bond acceptors (Lipinski definition) is 7. The summed E-state index contributed by atoms with van der Waals surface area (Å²) in [4.78, 5) is 64.3. The molecule has 0 radical (unpaired) electrons. The van der Waals surface area contributed by atoms with Crippen molar-refractivity contribution in [3.63, 3.8) is 0 Å². The molecule has 2 heterocycles. The Hall–Kier alpha value is -2.45. The van der Waals surface area contributed by atoms with Crippen molar-refractivity contribution < 1.29 is 33.6 Å². The third kappa shape index (κ3) is 4.26. The summed E-state index contributed by atoms with van der Waals surface area (Å²) in [6, 6.07) is 0. The van der Waals surface area contributed by atoms with E-state index in [1.54, 1.807) is 0 Å². The molecule has 0 saturated carbocycles. The van der Waals surface area contributed by atoms with E-state index in [0.717, 1.165) is 0 Å². The molecule has 2 fully saturated rings. The third-order valence-corrected chi connectivity index (χ3v) is 2.34. The van der Waals surface area contributed by atoms with E-state index in [-0.39, 0.29) is 35.8 Å². The number of rotatable bonds is 2. The Kier molecular flexibility index (Phi) is 5.82. The van der Waals surface area contributed by atoms with Crippen LogP contribution in [0, 0.1) is 0 Å². The minimum Gasteiger partial charge on any atom is -0.293 e. The van der Waals surface area contributed by atoms with Crippen LogP contribution in [0.25, 0.3) is 0 Å². The second-order valence-electron chi connectivity index (χ2n) is 4.30. The molecule has 0 N–H and O–H groups in total. The molecule has 0 bridgehead atoms. The van der Waals surface area contributed by atoms with Crippen LogP contribution in [0.5, 0.6) is 0 Å². The van der Waals surface area contributed by atoms with Gasteiger partial charge in [0.2, 0.25) is 0 Å². The lowest BCUT2D eigenvalue weighted by Gasteiger charge is -2.15. The van der Waals surface area contributed by atoms with E-state index in [2.05, 4.69) is 23.5 Å². The lowest BCUT2D eigenvalue weighted by Crippen LogP contribution is -2.37. The summed E-state index contributed by atoms with van der Waals surface area (Å²) in [5.41, 5.74) is 0. The van der Waals surface area contributed by atoms with E-state index in [9.17, 15) is 24.0 Å². The summed E-state index contributed by atoms with van der Waals surface area (Å²) in [5, 5.41) is 0.515. The van der Waals surface area contributed by atoms with Crippen molar-refractivity contribution in [1.82, 2.24) is 10.1 Å². The van der Waals surface area contributed by atoms with E-state index >= 15 is 0 Å². The maximum absolute atomic E-state index is 11.2. The quantitative estimate of drug-likeness (QED) is 0.689. The van der Waals surface area contributed by atoms with Crippen molar-refractivity contribution in [1.29, 1.82) is 0 Å². The normalized spacial score (nSPS) is 17.8. The topological polar surface area (TPSA) is 110 Å². The van der Waals surface area contributed by atoms with Gasteiger partial charge in [-0.3, -0.25) is 28.9 Å². The lowest BCUT2D eigenvalue weighted by atomic mass is 10.4. The van der Waals surface area contributed by atoms with E-state index < -0.39 is 29.8 Å². The van der Waals surface area contributed by atoms with Crippen molar-refractivity contribution in [3.8, 4) is 0 Å². The minimum absolute atomic E-state index is 0.0618. The summed E-state index contributed by atoms with van der Waals surface area (Å²) in [6.45, 7) is 4.25. The Labute approximate surface area is 120 Å². The molecule has 0 aromatic heterocycles. The number of amides is 4. The average molecular weight is 300 g/mol. The number of carbonyl (C=O) groups excluding carboxylic acids is 5.